The van der Waals surface area contributed by atoms with Crippen LogP contribution in [0.1, 0.15) is 25.8 Å². The van der Waals surface area contributed by atoms with Gasteiger partial charge < -0.3 is 4.42 Å². The molecule has 12 heavy (non-hydrogen) atoms. The summed E-state index contributed by atoms with van der Waals surface area (Å²) in [7, 11) is 0. The maximum atomic E-state index is 9.99. The molecule has 1 aromatic heterocycles. The first-order valence-electron chi connectivity index (χ1n) is 3.81. The molecule has 0 bridgehead atoms. The number of furan rings is 1. The van der Waals surface area contributed by atoms with E-state index in [0.29, 0.717) is 5.56 Å². The Hall–Kier alpha value is -1.32. The molecule has 0 spiro atoms. The Morgan fingerprint density at radius 1 is 1.58 bits per heavy atom. The molecule has 0 aromatic carbocycles. The largest absolute Gasteiger partial charge is 0.435 e. The molecular weight excluding hydrogens is 158 g/mol. The van der Waals surface area contributed by atoms with Gasteiger partial charge in [0.15, 0.2) is 0 Å². The second-order valence-corrected chi connectivity index (χ2v) is 2.37. The number of hydrogen-bond donors (Lipinski definition) is 0. The Bertz CT molecular complexity index is 242. The second-order valence-electron chi connectivity index (χ2n) is 2.37. The molecule has 0 N–H and O–H groups in total. The van der Waals surface area contributed by atoms with Crippen molar-refractivity contribution in [2.45, 2.75) is 27.2 Å². The van der Waals surface area contributed by atoms with Gasteiger partial charge in [-0.2, -0.15) is 0 Å². The zero-order chi connectivity index (χ0) is 9.56. The van der Waals surface area contributed by atoms with Gasteiger partial charge in [-0.3, -0.25) is 10.1 Å². The Balaban J connectivity index is 0.000000354. The molecule has 0 aliphatic rings. The highest BCUT2D eigenvalue weighted by Gasteiger charge is 2.12. The summed E-state index contributed by atoms with van der Waals surface area (Å²) in [5.74, 6) is -0.171. The van der Waals surface area contributed by atoms with Crippen molar-refractivity contribution in [1.29, 1.82) is 0 Å². The fraction of sp³-hybridized carbons (Fsp3) is 0.500. The summed E-state index contributed by atoms with van der Waals surface area (Å²) in [6.07, 6.45) is 2.55. The average molecular weight is 171 g/mol. The standard InChI is InChI=1S/C5H5NO3.C3H8/c1-4-2-3-9-5(4)6(7)8;1-3-2/h2-3H,1H3;3H2,1-2H3. The summed E-state index contributed by atoms with van der Waals surface area (Å²) >= 11 is 0. The van der Waals surface area contributed by atoms with E-state index < -0.39 is 4.92 Å². The van der Waals surface area contributed by atoms with Crippen LogP contribution in [-0.2, 0) is 0 Å². The van der Waals surface area contributed by atoms with Crippen LogP contribution in [0.3, 0.4) is 0 Å². The zero-order valence-electron chi connectivity index (χ0n) is 7.53. The molecule has 0 amide bonds. The van der Waals surface area contributed by atoms with Crippen LogP contribution in [0, 0.1) is 17.0 Å². The minimum atomic E-state index is -0.546. The molecule has 0 saturated heterocycles. The molecule has 1 aromatic rings. The van der Waals surface area contributed by atoms with Crippen LogP contribution in [0.15, 0.2) is 16.7 Å². The van der Waals surface area contributed by atoms with Gasteiger partial charge in [0.25, 0.3) is 0 Å². The van der Waals surface area contributed by atoms with Crippen LogP contribution in [-0.4, -0.2) is 4.92 Å². The molecule has 0 unspecified atom stereocenters. The summed E-state index contributed by atoms with van der Waals surface area (Å²) in [5.41, 5.74) is 0.556. The molecule has 1 rings (SSSR count). The SMILES string of the molecule is CCC.Cc1ccoc1[N+](=O)[O-]. The van der Waals surface area contributed by atoms with E-state index in [-0.39, 0.29) is 5.88 Å². The average Bonchev–Trinajstić information content (AvgIpc) is 2.36. The first-order chi connectivity index (χ1) is 5.63. The van der Waals surface area contributed by atoms with E-state index in [2.05, 4.69) is 18.3 Å². The maximum absolute atomic E-state index is 9.99. The van der Waals surface area contributed by atoms with Crippen molar-refractivity contribution in [2.75, 3.05) is 0 Å². The van der Waals surface area contributed by atoms with Gasteiger partial charge in [-0.15, -0.1) is 0 Å². The van der Waals surface area contributed by atoms with Gasteiger partial charge in [-0.1, -0.05) is 20.3 Å². The van der Waals surface area contributed by atoms with Crippen LogP contribution >= 0.6 is 0 Å². The van der Waals surface area contributed by atoms with Crippen molar-refractivity contribution in [3.63, 3.8) is 0 Å². The molecule has 4 nitrogen and oxygen atoms in total. The summed E-state index contributed by atoms with van der Waals surface area (Å²) in [6.45, 7) is 5.88. The summed E-state index contributed by atoms with van der Waals surface area (Å²) in [6, 6.07) is 1.55. The Morgan fingerprint density at radius 2 is 2.08 bits per heavy atom. The Morgan fingerprint density at radius 3 is 2.25 bits per heavy atom. The van der Waals surface area contributed by atoms with Crippen LogP contribution in [0.2, 0.25) is 0 Å². The van der Waals surface area contributed by atoms with E-state index in [9.17, 15) is 10.1 Å². The van der Waals surface area contributed by atoms with E-state index in [1.165, 1.54) is 12.7 Å². The third-order valence-corrected chi connectivity index (χ3v) is 1.00. The van der Waals surface area contributed by atoms with Gasteiger partial charge >= 0.3 is 5.88 Å². The molecule has 0 saturated carbocycles. The topological polar surface area (TPSA) is 56.3 Å². The molecule has 4 heteroatoms. The summed E-state index contributed by atoms with van der Waals surface area (Å²) < 4.78 is 4.53. The van der Waals surface area contributed by atoms with E-state index in [1.807, 2.05) is 0 Å². The molecule has 0 aliphatic carbocycles. The zero-order valence-corrected chi connectivity index (χ0v) is 7.53. The van der Waals surface area contributed by atoms with Gasteiger partial charge in [0.2, 0.25) is 0 Å². The predicted octanol–water partition coefficient (Wildman–Crippen LogP) is 2.91. The molecule has 0 atom stereocenters. The number of nitro groups is 1. The van der Waals surface area contributed by atoms with Crippen LogP contribution in [0.25, 0.3) is 0 Å². The number of hydrogen-bond acceptors (Lipinski definition) is 3. The highest BCUT2D eigenvalue weighted by Crippen LogP contribution is 2.16. The lowest BCUT2D eigenvalue weighted by Gasteiger charge is -1.81. The maximum Gasteiger partial charge on any atom is 0.435 e. The molecule has 0 radical (unpaired) electrons. The minimum absolute atomic E-state index is 0.171. The van der Waals surface area contributed by atoms with Crippen molar-refractivity contribution >= 4 is 5.88 Å². The van der Waals surface area contributed by atoms with Gasteiger partial charge in [-0.05, 0) is 13.0 Å². The first-order valence-corrected chi connectivity index (χ1v) is 3.81. The lowest BCUT2D eigenvalue weighted by atomic mass is 10.4. The fourth-order valence-corrected chi connectivity index (χ4v) is 0.552. The van der Waals surface area contributed by atoms with Gasteiger partial charge in [0, 0.05) is 0 Å². The van der Waals surface area contributed by atoms with Crippen molar-refractivity contribution in [3.05, 3.63) is 28.0 Å². The van der Waals surface area contributed by atoms with E-state index in [1.54, 1.807) is 13.0 Å². The van der Waals surface area contributed by atoms with Crippen molar-refractivity contribution in [2.24, 2.45) is 0 Å². The molecule has 0 aliphatic heterocycles. The fourth-order valence-electron chi connectivity index (χ4n) is 0.552. The second kappa shape index (κ2) is 5.35. The molecule has 0 fully saturated rings. The quantitative estimate of drug-likeness (QED) is 0.482. The van der Waals surface area contributed by atoms with Crippen molar-refractivity contribution in [3.8, 4) is 0 Å². The third kappa shape index (κ3) is 3.18. The highest BCUT2D eigenvalue weighted by molar-refractivity contribution is 5.26. The predicted molar refractivity (Wildman–Crippen MR) is 46.1 cm³/mol. The lowest BCUT2D eigenvalue weighted by Crippen LogP contribution is -1.85. The Kier molecular flexibility index (Phi) is 4.76. The number of aryl methyl sites for hydroxylation is 1. The lowest BCUT2D eigenvalue weighted by molar-refractivity contribution is -0.402. The van der Waals surface area contributed by atoms with Crippen molar-refractivity contribution < 1.29 is 9.34 Å². The highest BCUT2D eigenvalue weighted by atomic mass is 16.6. The van der Waals surface area contributed by atoms with Crippen LogP contribution in [0.4, 0.5) is 5.88 Å². The smallest absolute Gasteiger partial charge is 0.409 e. The van der Waals surface area contributed by atoms with E-state index in [4.69, 9.17) is 0 Å². The molecule has 68 valence electrons. The minimum Gasteiger partial charge on any atom is -0.409 e. The monoisotopic (exact) mass is 171 g/mol. The van der Waals surface area contributed by atoms with E-state index in [0.717, 1.165) is 0 Å². The Labute approximate surface area is 71.3 Å². The van der Waals surface area contributed by atoms with Gasteiger partial charge in [0.05, 0.1) is 11.8 Å². The normalized spacial score (nSPS) is 8.58. The first kappa shape index (κ1) is 10.7. The van der Waals surface area contributed by atoms with Crippen LogP contribution in [0.5, 0.6) is 0 Å². The number of nitrogens with zero attached hydrogens (tertiary/aromatic N) is 1. The summed E-state index contributed by atoms with van der Waals surface area (Å²) in [4.78, 5) is 9.45. The van der Waals surface area contributed by atoms with Crippen molar-refractivity contribution in [1.82, 2.24) is 0 Å². The number of rotatable bonds is 1. The summed E-state index contributed by atoms with van der Waals surface area (Å²) in [5, 5.41) is 9.99. The molecular formula is C8H13NO3. The van der Waals surface area contributed by atoms with E-state index >= 15 is 0 Å². The molecule has 1 heterocycles. The third-order valence-electron chi connectivity index (χ3n) is 1.00. The van der Waals surface area contributed by atoms with Crippen LogP contribution < -0.4 is 0 Å². The van der Waals surface area contributed by atoms with Gasteiger partial charge in [0.1, 0.15) is 4.92 Å². The van der Waals surface area contributed by atoms with Gasteiger partial charge in [-0.25, -0.2) is 0 Å².